The first-order valence-electron chi connectivity index (χ1n) is 9.33. The normalized spacial score (nSPS) is 13.7. The predicted molar refractivity (Wildman–Crippen MR) is 112 cm³/mol. The highest BCUT2D eigenvalue weighted by molar-refractivity contribution is 5.54. The SMILES string of the molecule is C=Nn1c(C(C)c2cnc(N(C)C)n3ncnc23)c(F)cc(C(C)(C)C)/c1=N/C. The Bertz CT molecular complexity index is 1130. The molecule has 0 spiro atoms. The van der Waals surface area contributed by atoms with Crippen LogP contribution >= 0.6 is 0 Å². The maximum Gasteiger partial charge on any atom is 0.228 e. The highest BCUT2D eigenvalue weighted by atomic mass is 19.1. The largest absolute Gasteiger partial charge is 0.347 e. The lowest BCUT2D eigenvalue weighted by atomic mass is 9.86. The molecule has 1 unspecified atom stereocenters. The second-order valence-electron chi connectivity index (χ2n) is 8.17. The van der Waals surface area contributed by atoms with Crippen LogP contribution in [-0.2, 0) is 5.41 Å². The molecule has 0 aliphatic heterocycles. The molecule has 3 rings (SSSR count). The molecule has 0 radical (unpaired) electrons. The maximum absolute atomic E-state index is 15.4. The predicted octanol–water partition coefficient (Wildman–Crippen LogP) is 2.57. The van der Waals surface area contributed by atoms with Crippen molar-refractivity contribution in [3.8, 4) is 0 Å². The van der Waals surface area contributed by atoms with Crippen LogP contribution in [0, 0.1) is 5.82 Å². The van der Waals surface area contributed by atoms with E-state index in [1.54, 1.807) is 23.8 Å². The van der Waals surface area contributed by atoms with E-state index >= 15 is 4.39 Å². The number of rotatable bonds is 4. The van der Waals surface area contributed by atoms with Crippen molar-refractivity contribution in [2.24, 2.45) is 10.1 Å². The molecule has 3 aromatic rings. The summed E-state index contributed by atoms with van der Waals surface area (Å²) in [6.07, 6.45) is 3.17. The van der Waals surface area contributed by atoms with Gasteiger partial charge in [0.2, 0.25) is 5.95 Å². The zero-order valence-electron chi connectivity index (χ0n) is 18.0. The number of nitrogens with zero attached hydrogens (tertiary/aromatic N) is 8. The van der Waals surface area contributed by atoms with E-state index in [-0.39, 0.29) is 11.2 Å². The average molecular weight is 398 g/mol. The molecule has 0 aliphatic rings. The van der Waals surface area contributed by atoms with Gasteiger partial charge in [0.15, 0.2) is 11.1 Å². The van der Waals surface area contributed by atoms with Crippen molar-refractivity contribution in [3.05, 3.63) is 46.7 Å². The monoisotopic (exact) mass is 398 g/mol. The van der Waals surface area contributed by atoms with Crippen molar-refractivity contribution in [3.63, 3.8) is 0 Å². The van der Waals surface area contributed by atoms with E-state index in [1.165, 1.54) is 11.0 Å². The highest BCUT2D eigenvalue weighted by Crippen LogP contribution is 2.30. The molecular weight excluding hydrogens is 371 g/mol. The van der Waals surface area contributed by atoms with Gasteiger partial charge < -0.3 is 4.90 Å². The van der Waals surface area contributed by atoms with Gasteiger partial charge in [0.05, 0.1) is 5.69 Å². The van der Waals surface area contributed by atoms with Crippen molar-refractivity contribution >= 4 is 18.3 Å². The van der Waals surface area contributed by atoms with E-state index in [0.29, 0.717) is 22.8 Å². The molecule has 0 aromatic carbocycles. The molecule has 0 saturated heterocycles. The first-order valence-corrected chi connectivity index (χ1v) is 9.33. The third-order valence-electron chi connectivity index (χ3n) is 4.94. The second-order valence-corrected chi connectivity index (χ2v) is 8.17. The van der Waals surface area contributed by atoms with Crippen LogP contribution in [0.2, 0.25) is 0 Å². The van der Waals surface area contributed by atoms with Crippen LogP contribution in [0.25, 0.3) is 5.65 Å². The Morgan fingerprint density at radius 3 is 2.48 bits per heavy atom. The minimum absolute atomic E-state index is 0.306. The van der Waals surface area contributed by atoms with Crippen LogP contribution < -0.4 is 10.4 Å². The molecular formula is C20H27FN8. The van der Waals surface area contributed by atoms with E-state index in [2.05, 4.69) is 31.9 Å². The smallest absolute Gasteiger partial charge is 0.228 e. The fraction of sp³-hybridized carbons (Fsp3) is 0.450. The van der Waals surface area contributed by atoms with E-state index in [4.69, 9.17) is 0 Å². The van der Waals surface area contributed by atoms with E-state index in [1.807, 2.05) is 46.7 Å². The number of pyridine rings is 1. The van der Waals surface area contributed by atoms with Crippen molar-refractivity contribution in [1.82, 2.24) is 24.3 Å². The molecule has 0 aliphatic carbocycles. The summed E-state index contributed by atoms with van der Waals surface area (Å²) in [6, 6.07) is 1.54. The van der Waals surface area contributed by atoms with Gasteiger partial charge in [0.1, 0.15) is 12.1 Å². The van der Waals surface area contributed by atoms with E-state index in [9.17, 15) is 0 Å². The second kappa shape index (κ2) is 7.38. The summed E-state index contributed by atoms with van der Waals surface area (Å²) in [5.74, 6) is -0.155. The zero-order chi connectivity index (χ0) is 21.5. The summed E-state index contributed by atoms with van der Waals surface area (Å²) in [7, 11) is 5.42. The lowest BCUT2D eigenvalue weighted by Crippen LogP contribution is -2.33. The third kappa shape index (κ3) is 3.41. The van der Waals surface area contributed by atoms with Crippen LogP contribution in [0.4, 0.5) is 10.3 Å². The van der Waals surface area contributed by atoms with Crippen molar-refractivity contribution in [2.45, 2.75) is 39.0 Å². The van der Waals surface area contributed by atoms with Gasteiger partial charge in [-0.2, -0.15) is 14.7 Å². The number of anilines is 1. The standard InChI is InChI=1S/C20H27FN8/c1-12(13-10-24-19(27(7)8)29-17(13)25-11-26-29)16-15(21)9-14(20(2,3)4)18(22-5)28(16)23-6/h9-12H,6H2,1-5,7-8H3/b22-18-. The molecule has 8 nitrogen and oxygen atoms in total. The molecule has 3 aromatic heterocycles. The van der Waals surface area contributed by atoms with E-state index < -0.39 is 5.92 Å². The summed E-state index contributed by atoms with van der Waals surface area (Å²) in [6.45, 7) is 11.6. The van der Waals surface area contributed by atoms with Crippen LogP contribution in [0.3, 0.4) is 0 Å². The third-order valence-corrected chi connectivity index (χ3v) is 4.94. The number of hydrogen-bond acceptors (Lipinski definition) is 6. The van der Waals surface area contributed by atoms with Gasteiger partial charge in [-0.05, 0) is 11.5 Å². The Kier molecular flexibility index (Phi) is 5.25. The first-order chi connectivity index (χ1) is 13.6. The summed E-state index contributed by atoms with van der Waals surface area (Å²) in [5.41, 5.74) is 2.72. The zero-order valence-corrected chi connectivity index (χ0v) is 18.0. The van der Waals surface area contributed by atoms with Gasteiger partial charge in [-0.15, -0.1) is 0 Å². The quantitative estimate of drug-likeness (QED) is 0.633. The average Bonchev–Trinajstić information content (AvgIpc) is 3.14. The fourth-order valence-corrected chi connectivity index (χ4v) is 3.48. The molecule has 0 fully saturated rings. The summed E-state index contributed by atoms with van der Waals surface area (Å²) in [4.78, 5) is 15.1. The number of halogens is 1. The van der Waals surface area contributed by atoms with Gasteiger partial charge in [-0.3, -0.25) is 4.99 Å². The number of aromatic nitrogens is 5. The van der Waals surface area contributed by atoms with Crippen LogP contribution in [0.1, 0.15) is 50.4 Å². The van der Waals surface area contributed by atoms with Gasteiger partial charge in [0.25, 0.3) is 0 Å². The minimum Gasteiger partial charge on any atom is -0.347 e. The van der Waals surface area contributed by atoms with Crippen LogP contribution in [0.15, 0.2) is 28.7 Å². The molecule has 9 heteroatoms. The molecule has 0 bridgehead atoms. The Morgan fingerprint density at radius 1 is 1.24 bits per heavy atom. The Balaban J connectivity index is 2.30. The summed E-state index contributed by atoms with van der Waals surface area (Å²) < 4.78 is 18.5. The Labute approximate surface area is 169 Å². The lowest BCUT2D eigenvalue weighted by Gasteiger charge is -2.24. The molecule has 0 amide bonds. The maximum atomic E-state index is 15.4. The minimum atomic E-state index is -0.412. The van der Waals surface area contributed by atoms with E-state index in [0.717, 1.165) is 11.1 Å². The Morgan fingerprint density at radius 2 is 1.93 bits per heavy atom. The van der Waals surface area contributed by atoms with Gasteiger partial charge in [-0.25, -0.2) is 19.0 Å². The summed E-state index contributed by atoms with van der Waals surface area (Å²) in [5, 5.41) is 8.37. The van der Waals surface area contributed by atoms with Crippen LogP contribution in [-0.4, -0.2) is 52.1 Å². The van der Waals surface area contributed by atoms with Gasteiger partial charge in [-0.1, -0.05) is 27.7 Å². The molecule has 1 atom stereocenters. The lowest BCUT2D eigenvalue weighted by molar-refractivity contribution is 0.514. The molecule has 29 heavy (non-hydrogen) atoms. The van der Waals surface area contributed by atoms with Gasteiger partial charge >= 0.3 is 0 Å². The number of hydrogen-bond donors (Lipinski definition) is 0. The summed E-state index contributed by atoms with van der Waals surface area (Å²) >= 11 is 0. The topological polar surface area (TPSA) is 76.0 Å². The van der Waals surface area contributed by atoms with Gasteiger partial charge in [0, 0.05) is 51.1 Å². The van der Waals surface area contributed by atoms with Crippen molar-refractivity contribution in [1.29, 1.82) is 0 Å². The van der Waals surface area contributed by atoms with Crippen molar-refractivity contribution in [2.75, 3.05) is 26.0 Å². The highest BCUT2D eigenvalue weighted by Gasteiger charge is 2.27. The van der Waals surface area contributed by atoms with Crippen LogP contribution in [0.5, 0.6) is 0 Å². The first kappa shape index (κ1) is 20.6. The molecule has 154 valence electrons. The van der Waals surface area contributed by atoms with Crippen molar-refractivity contribution < 1.29 is 4.39 Å². The molecule has 0 N–H and O–H groups in total. The number of fused-ring (bicyclic) bond motifs is 1. The molecule has 3 heterocycles. The fourth-order valence-electron chi connectivity index (χ4n) is 3.48. The Hall–Kier alpha value is -3.10. The molecule has 0 saturated carbocycles.